The van der Waals surface area contributed by atoms with Crippen molar-refractivity contribution < 1.29 is 15.0 Å². The minimum atomic E-state index is -1.22. The molecular weight excluding hydrogens is 122 g/mol. The monoisotopic (exact) mass is 133 g/mol. The average molecular weight is 133 g/mol. The molecule has 0 bridgehead atoms. The van der Waals surface area contributed by atoms with E-state index in [1.807, 2.05) is 0 Å². The molecule has 9 heavy (non-hydrogen) atoms. The third-order valence-corrected chi connectivity index (χ3v) is 0.953. The number of nitrogens with one attached hydrogen (secondary N) is 1. The Morgan fingerprint density at radius 2 is 2.33 bits per heavy atom. The highest BCUT2D eigenvalue weighted by Gasteiger charge is 2.10. The van der Waals surface area contributed by atoms with E-state index in [-0.39, 0.29) is 6.42 Å². The lowest BCUT2D eigenvalue weighted by Crippen LogP contribution is -2.24. The maximum Gasteiger partial charge on any atom is 0.332 e. The quantitative estimate of drug-likeness (QED) is 0.462. The van der Waals surface area contributed by atoms with E-state index in [9.17, 15) is 4.79 Å². The number of aliphatic hydroxyl groups is 1. The minimum Gasteiger partial charge on any atom is -0.479 e. The third-order valence-electron chi connectivity index (χ3n) is 0.953. The zero-order valence-corrected chi connectivity index (χ0v) is 5.29. The molecule has 4 nitrogen and oxygen atoms in total. The fourth-order valence-corrected chi connectivity index (χ4v) is 0.405. The van der Waals surface area contributed by atoms with E-state index in [1.165, 1.54) is 0 Å². The molecule has 3 N–H and O–H groups in total. The van der Waals surface area contributed by atoms with Gasteiger partial charge in [0, 0.05) is 0 Å². The standard InChI is InChI=1S/C5H11NO3/c1-6-3-2-4(7)5(8)9/h4,6-7H,2-3H2,1H3,(H,8,9)/t4-/m0/s1. The molecule has 0 aromatic rings. The maximum atomic E-state index is 9.93. The molecule has 0 radical (unpaired) electrons. The lowest BCUT2D eigenvalue weighted by Gasteiger charge is -2.02. The van der Waals surface area contributed by atoms with Crippen LogP contribution in [0.1, 0.15) is 6.42 Å². The first kappa shape index (κ1) is 8.39. The van der Waals surface area contributed by atoms with Gasteiger partial charge in [-0.3, -0.25) is 0 Å². The smallest absolute Gasteiger partial charge is 0.332 e. The van der Waals surface area contributed by atoms with Crippen molar-refractivity contribution in [1.82, 2.24) is 5.32 Å². The van der Waals surface area contributed by atoms with E-state index in [0.717, 1.165) is 0 Å². The Morgan fingerprint density at radius 1 is 1.78 bits per heavy atom. The molecule has 0 rings (SSSR count). The molecule has 0 saturated carbocycles. The lowest BCUT2D eigenvalue weighted by molar-refractivity contribution is -0.146. The highest BCUT2D eigenvalue weighted by molar-refractivity contribution is 5.71. The SMILES string of the molecule is CNCC[C@H](O)C(=O)O. The van der Waals surface area contributed by atoms with Gasteiger partial charge in [0.25, 0.3) is 0 Å². The molecule has 0 unspecified atom stereocenters. The van der Waals surface area contributed by atoms with Gasteiger partial charge in [-0.2, -0.15) is 0 Å². The van der Waals surface area contributed by atoms with E-state index in [1.54, 1.807) is 7.05 Å². The molecule has 0 aliphatic rings. The van der Waals surface area contributed by atoms with Crippen LogP contribution in [0, 0.1) is 0 Å². The topological polar surface area (TPSA) is 69.6 Å². The number of carboxylic acids is 1. The van der Waals surface area contributed by atoms with Gasteiger partial charge in [-0.1, -0.05) is 0 Å². The van der Waals surface area contributed by atoms with Gasteiger partial charge in [0.1, 0.15) is 0 Å². The van der Waals surface area contributed by atoms with Crippen molar-refractivity contribution in [2.45, 2.75) is 12.5 Å². The Morgan fingerprint density at radius 3 is 2.67 bits per heavy atom. The van der Waals surface area contributed by atoms with Crippen molar-refractivity contribution in [3.8, 4) is 0 Å². The molecule has 54 valence electrons. The second-order valence-corrected chi connectivity index (χ2v) is 1.75. The van der Waals surface area contributed by atoms with Crippen LogP contribution in [0.4, 0.5) is 0 Å². The van der Waals surface area contributed by atoms with Crippen molar-refractivity contribution in [3.05, 3.63) is 0 Å². The number of hydrogen-bond donors (Lipinski definition) is 3. The van der Waals surface area contributed by atoms with Gasteiger partial charge >= 0.3 is 5.97 Å². The van der Waals surface area contributed by atoms with Gasteiger partial charge in [-0.25, -0.2) is 4.79 Å². The molecule has 0 aromatic carbocycles. The lowest BCUT2D eigenvalue weighted by atomic mass is 10.2. The van der Waals surface area contributed by atoms with E-state index in [2.05, 4.69) is 5.32 Å². The van der Waals surface area contributed by atoms with Crippen LogP contribution < -0.4 is 5.32 Å². The number of rotatable bonds is 4. The Bertz CT molecular complexity index is 94.2. The van der Waals surface area contributed by atoms with E-state index < -0.39 is 12.1 Å². The summed E-state index contributed by atoms with van der Waals surface area (Å²) in [7, 11) is 1.70. The van der Waals surface area contributed by atoms with E-state index >= 15 is 0 Å². The average Bonchev–Trinajstić information content (AvgIpc) is 1.82. The number of aliphatic hydroxyl groups excluding tert-OH is 1. The fourth-order valence-electron chi connectivity index (χ4n) is 0.405. The summed E-state index contributed by atoms with van der Waals surface area (Å²) >= 11 is 0. The summed E-state index contributed by atoms with van der Waals surface area (Å²) < 4.78 is 0. The van der Waals surface area contributed by atoms with Gasteiger partial charge in [0.05, 0.1) is 0 Å². The van der Waals surface area contributed by atoms with Crippen molar-refractivity contribution >= 4 is 5.97 Å². The molecule has 0 aliphatic carbocycles. The van der Waals surface area contributed by atoms with E-state index in [0.29, 0.717) is 6.54 Å². The van der Waals surface area contributed by atoms with Gasteiger partial charge < -0.3 is 15.5 Å². The molecule has 1 atom stereocenters. The molecule has 0 spiro atoms. The number of carbonyl (C=O) groups is 1. The van der Waals surface area contributed by atoms with Crippen LogP contribution in [-0.2, 0) is 4.79 Å². The van der Waals surface area contributed by atoms with Crippen LogP contribution in [0.15, 0.2) is 0 Å². The van der Waals surface area contributed by atoms with Crippen LogP contribution in [-0.4, -0.2) is 35.9 Å². The summed E-state index contributed by atoms with van der Waals surface area (Å²) in [5, 5.41) is 19.5. The minimum absolute atomic E-state index is 0.256. The van der Waals surface area contributed by atoms with E-state index in [4.69, 9.17) is 10.2 Å². The van der Waals surface area contributed by atoms with Crippen molar-refractivity contribution in [2.24, 2.45) is 0 Å². The largest absolute Gasteiger partial charge is 0.479 e. The Labute approximate surface area is 53.5 Å². The Balaban J connectivity index is 3.27. The van der Waals surface area contributed by atoms with Crippen LogP contribution in [0.5, 0.6) is 0 Å². The first-order chi connectivity index (χ1) is 4.18. The highest BCUT2D eigenvalue weighted by atomic mass is 16.4. The molecule has 0 saturated heterocycles. The summed E-state index contributed by atoms with van der Waals surface area (Å²) in [6.07, 6.45) is -0.969. The second kappa shape index (κ2) is 4.29. The summed E-state index contributed by atoms with van der Waals surface area (Å²) in [5.41, 5.74) is 0. The van der Waals surface area contributed by atoms with Crippen LogP contribution in [0.25, 0.3) is 0 Å². The molecule has 0 aromatic heterocycles. The highest BCUT2D eigenvalue weighted by Crippen LogP contribution is 1.87. The molecule has 4 heteroatoms. The molecule has 0 heterocycles. The fraction of sp³-hybridized carbons (Fsp3) is 0.800. The number of carboxylic acid groups (broad SMARTS) is 1. The van der Waals surface area contributed by atoms with Gasteiger partial charge in [-0.05, 0) is 20.0 Å². The summed E-state index contributed by atoms with van der Waals surface area (Å²) in [4.78, 5) is 9.93. The van der Waals surface area contributed by atoms with Gasteiger partial charge in [0.2, 0.25) is 0 Å². The maximum absolute atomic E-state index is 9.93. The van der Waals surface area contributed by atoms with Crippen molar-refractivity contribution in [2.75, 3.05) is 13.6 Å². The zero-order valence-electron chi connectivity index (χ0n) is 5.29. The van der Waals surface area contributed by atoms with Crippen LogP contribution in [0.2, 0.25) is 0 Å². The molecule has 0 aliphatic heterocycles. The molecular formula is C5H11NO3. The van der Waals surface area contributed by atoms with Gasteiger partial charge in [-0.15, -0.1) is 0 Å². The second-order valence-electron chi connectivity index (χ2n) is 1.75. The van der Waals surface area contributed by atoms with Gasteiger partial charge in [0.15, 0.2) is 6.10 Å². The Kier molecular flexibility index (Phi) is 4.00. The predicted molar refractivity (Wildman–Crippen MR) is 32.2 cm³/mol. The first-order valence-electron chi connectivity index (χ1n) is 2.74. The molecule has 0 fully saturated rings. The summed E-state index contributed by atoms with van der Waals surface area (Å²) in [5.74, 6) is -1.16. The van der Waals surface area contributed by atoms with Crippen molar-refractivity contribution in [3.63, 3.8) is 0 Å². The third kappa shape index (κ3) is 3.93. The van der Waals surface area contributed by atoms with Crippen LogP contribution >= 0.6 is 0 Å². The normalized spacial score (nSPS) is 13.1. The number of hydrogen-bond acceptors (Lipinski definition) is 3. The zero-order chi connectivity index (χ0) is 7.28. The summed E-state index contributed by atoms with van der Waals surface area (Å²) in [6.45, 7) is 0.521. The molecule has 0 amide bonds. The van der Waals surface area contributed by atoms with Crippen LogP contribution in [0.3, 0.4) is 0 Å². The Hall–Kier alpha value is -0.610. The summed E-state index contributed by atoms with van der Waals surface area (Å²) in [6, 6.07) is 0. The van der Waals surface area contributed by atoms with Crippen molar-refractivity contribution in [1.29, 1.82) is 0 Å². The first-order valence-corrected chi connectivity index (χ1v) is 2.74. The predicted octanol–water partition coefficient (Wildman–Crippen LogP) is -0.959. The number of aliphatic carboxylic acids is 1.